The highest BCUT2D eigenvalue weighted by molar-refractivity contribution is 7.86. The van der Waals surface area contributed by atoms with Gasteiger partial charge in [-0.15, -0.1) is 3.89 Å². The topological polar surface area (TPSA) is 127 Å². The summed E-state index contributed by atoms with van der Waals surface area (Å²) >= 11 is 0. The molecule has 0 saturated heterocycles. The molecular formula is C13H17FN2O5S. The van der Waals surface area contributed by atoms with Crippen molar-refractivity contribution in [3.05, 3.63) is 29.8 Å². The summed E-state index contributed by atoms with van der Waals surface area (Å²) in [5, 5.41) is 11.2. The molecule has 22 heavy (non-hydrogen) atoms. The maximum atomic E-state index is 12.7. The van der Waals surface area contributed by atoms with Crippen molar-refractivity contribution in [1.29, 1.82) is 0 Å². The van der Waals surface area contributed by atoms with Gasteiger partial charge in [0, 0.05) is 12.1 Å². The molecule has 1 aromatic rings. The first-order valence-electron chi connectivity index (χ1n) is 6.53. The van der Waals surface area contributed by atoms with Crippen molar-refractivity contribution in [2.45, 2.75) is 30.2 Å². The Morgan fingerprint density at radius 2 is 1.82 bits per heavy atom. The summed E-state index contributed by atoms with van der Waals surface area (Å²) in [6, 6.07) is 3.53. The van der Waals surface area contributed by atoms with Crippen LogP contribution in [0.25, 0.3) is 0 Å². The second-order valence-electron chi connectivity index (χ2n) is 4.66. The minimum atomic E-state index is -4.78. The van der Waals surface area contributed by atoms with Crippen LogP contribution in [-0.4, -0.2) is 38.0 Å². The molecule has 0 spiro atoms. The predicted octanol–water partition coefficient (Wildman–Crippen LogP) is 0.657. The summed E-state index contributed by atoms with van der Waals surface area (Å²) in [7, 11) is -4.78. The number of unbranched alkanes of at least 4 members (excludes halogenated alkanes) is 1. The number of rotatable bonds is 8. The number of amides is 1. The molecule has 0 aromatic heterocycles. The van der Waals surface area contributed by atoms with E-state index < -0.39 is 33.0 Å². The zero-order chi connectivity index (χ0) is 16.8. The molecular weight excluding hydrogens is 315 g/mol. The molecule has 9 heteroatoms. The highest BCUT2D eigenvalue weighted by Gasteiger charge is 2.13. The van der Waals surface area contributed by atoms with Crippen molar-refractivity contribution in [1.82, 2.24) is 5.32 Å². The van der Waals surface area contributed by atoms with Crippen LogP contribution < -0.4 is 11.1 Å². The molecule has 0 saturated carbocycles. The summed E-state index contributed by atoms with van der Waals surface area (Å²) in [5.41, 5.74) is 5.54. The minimum Gasteiger partial charge on any atom is -0.480 e. The van der Waals surface area contributed by atoms with Gasteiger partial charge in [-0.2, -0.15) is 8.42 Å². The van der Waals surface area contributed by atoms with Gasteiger partial charge in [0.2, 0.25) is 0 Å². The quantitative estimate of drug-likeness (QED) is 0.474. The summed E-state index contributed by atoms with van der Waals surface area (Å²) in [4.78, 5) is 21.7. The van der Waals surface area contributed by atoms with E-state index in [1.165, 1.54) is 12.1 Å². The van der Waals surface area contributed by atoms with Gasteiger partial charge in [0.05, 0.1) is 4.90 Å². The fraction of sp³-hybridized carbons (Fsp3) is 0.385. The summed E-state index contributed by atoms with van der Waals surface area (Å²) < 4.78 is 34.0. The molecule has 0 bridgehead atoms. The van der Waals surface area contributed by atoms with Gasteiger partial charge >= 0.3 is 16.2 Å². The largest absolute Gasteiger partial charge is 0.480 e. The zero-order valence-corrected chi connectivity index (χ0v) is 12.5. The van der Waals surface area contributed by atoms with E-state index in [0.29, 0.717) is 25.8 Å². The van der Waals surface area contributed by atoms with Crippen molar-refractivity contribution in [2.24, 2.45) is 5.73 Å². The average Bonchev–Trinajstić information content (AvgIpc) is 2.45. The Labute approximate surface area is 127 Å². The molecule has 0 aliphatic rings. The smallest absolute Gasteiger partial charge is 0.332 e. The fourth-order valence-electron chi connectivity index (χ4n) is 1.69. The van der Waals surface area contributed by atoms with Gasteiger partial charge in [-0.1, -0.05) is 0 Å². The zero-order valence-electron chi connectivity index (χ0n) is 11.7. The Morgan fingerprint density at radius 3 is 2.32 bits per heavy atom. The number of hydrogen-bond acceptors (Lipinski definition) is 5. The van der Waals surface area contributed by atoms with Gasteiger partial charge < -0.3 is 16.2 Å². The van der Waals surface area contributed by atoms with Crippen LogP contribution in [0, 0.1) is 0 Å². The third kappa shape index (κ3) is 5.78. The molecule has 0 fully saturated rings. The number of nitrogens with one attached hydrogen (secondary N) is 1. The lowest BCUT2D eigenvalue weighted by atomic mass is 10.1. The van der Waals surface area contributed by atoms with Crippen LogP contribution in [0.4, 0.5) is 3.89 Å². The van der Waals surface area contributed by atoms with Crippen molar-refractivity contribution in [3.63, 3.8) is 0 Å². The number of carboxylic acids is 1. The van der Waals surface area contributed by atoms with E-state index in [9.17, 15) is 21.9 Å². The standard InChI is InChI=1S/C13H17FN2O5S/c14-22(20,21)10-6-4-9(5-7-10)12(17)16-8-2-1-3-11(15)13(18)19/h4-7,11H,1-3,8,15H2,(H,16,17)(H,18,19)/t11-/m1/s1. The van der Waals surface area contributed by atoms with Gasteiger partial charge in [-0.25, -0.2) is 0 Å². The van der Waals surface area contributed by atoms with E-state index in [-0.39, 0.29) is 5.56 Å². The Balaban J connectivity index is 2.38. The van der Waals surface area contributed by atoms with Gasteiger partial charge in [0.1, 0.15) is 6.04 Å². The summed E-state index contributed by atoms with van der Waals surface area (Å²) in [6.07, 6.45) is 1.42. The van der Waals surface area contributed by atoms with Crippen LogP contribution in [0.2, 0.25) is 0 Å². The van der Waals surface area contributed by atoms with E-state index in [0.717, 1.165) is 12.1 Å². The second kappa shape index (κ2) is 7.85. The number of carbonyl (C=O) groups is 2. The average molecular weight is 332 g/mol. The highest BCUT2D eigenvalue weighted by atomic mass is 32.3. The lowest BCUT2D eigenvalue weighted by Gasteiger charge is -2.07. The van der Waals surface area contributed by atoms with Crippen LogP contribution in [0.1, 0.15) is 29.6 Å². The molecule has 4 N–H and O–H groups in total. The monoisotopic (exact) mass is 332 g/mol. The molecule has 0 heterocycles. The van der Waals surface area contributed by atoms with E-state index in [2.05, 4.69) is 5.32 Å². The van der Waals surface area contributed by atoms with Gasteiger partial charge in [-0.3, -0.25) is 9.59 Å². The van der Waals surface area contributed by atoms with E-state index in [1.54, 1.807) is 0 Å². The van der Waals surface area contributed by atoms with Crippen LogP contribution in [0.3, 0.4) is 0 Å². The Hall–Kier alpha value is -2.00. The number of carbonyl (C=O) groups excluding carboxylic acids is 1. The summed E-state index contributed by atoms with van der Waals surface area (Å²) in [5.74, 6) is -1.49. The fourth-order valence-corrected chi connectivity index (χ4v) is 2.15. The number of aliphatic carboxylic acids is 1. The van der Waals surface area contributed by atoms with Crippen molar-refractivity contribution >= 4 is 22.1 Å². The first-order chi connectivity index (χ1) is 10.2. The van der Waals surface area contributed by atoms with Gasteiger partial charge in [-0.05, 0) is 43.5 Å². The number of hydrogen-bond donors (Lipinski definition) is 3. The van der Waals surface area contributed by atoms with Crippen LogP contribution >= 0.6 is 0 Å². The Bertz CT molecular complexity index is 630. The summed E-state index contributed by atoms with van der Waals surface area (Å²) in [6.45, 7) is 0.328. The molecule has 7 nitrogen and oxygen atoms in total. The van der Waals surface area contributed by atoms with E-state index in [4.69, 9.17) is 10.8 Å². The van der Waals surface area contributed by atoms with E-state index in [1.807, 2.05) is 0 Å². The predicted molar refractivity (Wildman–Crippen MR) is 76.5 cm³/mol. The SMILES string of the molecule is N[C@H](CCCCNC(=O)c1ccc(S(=O)(=O)F)cc1)C(=O)O. The maximum Gasteiger partial charge on any atom is 0.332 e. The van der Waals surface area contributed by atoms with Gasteiger partial charge in [0.25, 0.3) is 5.91 Å². The highest BCUT2D eigenvalue weighted by Crippen LogP contribution is 2.13. The molecule has 0 aliphatic heterocycles. The number of halogens is 1. The molecule has 1 rings (SSSR count). The molecule has 1 aromatic carbocycles. The molecule has 1 amide bonds. The molecule has 1 atom stereocenters. The second-order valence-corrected chi connectivity index (χ2v) is 6.01. The first kappa shape index (κ1) is 18.1. The van der Waals surface area contributed by atoms with Gasteiger partial charge in [0.15, 0.2) is 0 Å². The van der Waals surface area contributed by atoms with Crippen LogP contribution in [0.5, 0.6) is 0 Å². The van der Waals surface area contributed by atoms with E-state index >= 15 is 0 Å². The van der Waals surface area contributed by atoms with Crippen molar-refractivity contribution < 1.29 is 27.0 Å². The lowest BCUT2D eigenvalue weighted by Crippen LogP contribution is -2.30. The Kier molecular flexibility index (Phi) is 6.44. The third-order valence-electron chi connectivity index (χ3n) is 2.94. The molecule has 122 valence electrons. The normalized spacial score (nSPS) is 12.6. The lowest BCUT2D eigenvalue weighted by molar-refractivity contribution is -0.138. The van der Waals surface area contributed by atoms with Crippen molar-refractivity contribution in [2.75, 3.05) is 6.54 Å². The number of carboxylic acid groups (broad SMARTS) is 1. The molecule has 0 radical (unpaired) electrons. The maximum absolute atomic E-state index is 12.7. The molecule has 0 aliphatic carbocycles. The number of benzene rings is 1. The minimum absolute atomic E-state index is 0.203. The Morgan fingerprint density at radius 1 is 1.23 bits per heavy atom. The van der Waals surface area contributed by atoms with Crippen LogP contribution in [0.15, 0.2) is 29.2 Å². The van der Waals surface area contributed by atoms with Crippen LogP contribution in [-0.2, 0) is 15.0 Å². The number of nitrogens with two attached hydrogens (primary N) is 1. The van der Waals surface area contributed by atoms with Crippen molar-refractivity contribution in [3.8, 4) is 0 Å². The first-order valence-corrected chi connectivity index (χ1v) is 7.91. The molecule has 0 unspecified atom stereocenters. The third-order valence-corrected chi connectivity index (χ3v) is 3.78.